The van der Waals surface area contributed by atoms with Gasteiger partial charge < -0.3 is 15.1 Å². The maximum atomic E-state index is 12.8. The highest BCUT2D eigenvalue weighted by Crippen LogP contribution is 2.21. The third kappa shape index (κ3) is 5.44. The number of hydrogen-bond acceptors (Lipinski definition) is 3. The Morgan fingerprint density at radius 1 is 1.07 bits per heavy atom. The maximum Gasteiger partial charge on any atom is 0.253 e. The zero-order valence-corrected chi connectivity index (χ0v) is 16.9. The van der Waals surface area contributed by atoms with Gasteiger partial charge >= 0.3 is 0 Å². The molecule has 152 valence electrons. The zero-order chi connectivity index (χ0) is 20.8. The van der Waals surface area contributed by atoms with Crippen molar-refractivity contribution in [3.8, 4) is 0 Å². The highest BCUT2D eigenvalue weighted by atomic mass is 16.2. The van der Waals surface area contributed by atoms with Crippen LogP contribution in [0.3, 0.4) is 0 Å². The molecule has 3 amide bonds. The van der Waals surface area contributed by atoms with Gasteiger partial charge in [-0.15, -0.1) is 0 Å². The van der Waals surface area contributed by atoms with Crippen molar-refractivity contribution in [3.63, 3.8) is 0 Å². The number of benzene rings is 2. The molecule has 6 heteroatoms. The number of likely N-dealkylation sites (tertiary alicyclic amines) is 1. The van der Waals surface area contributed by atoms with E-state index in [2.05, 4.69) is 5.32 Å². The molecule has 2 aromatic carbocycles. The first-order valence-corrected chi connectivity index (χ1v) is 9.90. The number of anilines is 1. The Hall–Kier alpha value is -3.15. The Morgan fingerprint density at radius 3 is 2.45 bits per heavy atom. The van der Waals surface area contributed by atoms with Crippen LogP contribution in [0.5, 0.6) is 0 Å². The normalized spacial score (nSPS) is 16.2. The van der Waals surface area contributed by atoms with Gasteiger partial charge in [-0.05, 0) is 44.0 Å². The van der Waals surface area contributed by atoms with Crippen molar-refractivity contribution < 1.29 is 14.4 Å². The molecule has 1 aliphatic rings. The van der Waals surface area contributed by atoms with Crippen molar-refractivity contribution >= 4 is 23.4 Å². The molecule has 3 rings (SSSR count). The highest BCUT2D eigenvalue weighted by Gasteiger charge is 2.31. The Balaban J connectivity index is 1.56. The van der Waals surface area contributed by atoms with E-state index in [9.17, 15) is 14.4 Å². The van der Waals surface area contributed by atoms with Crippen LogP contribution in [0.4, 0.5) is 5.69 Å². The average molecular weight is 393 g/mol. The number of nitrogens with zero attached hydrogens (tertiary/aromatic N) is 2. The van der Waals surface area contributed by atoms with E-state index in [1.54, 1.807) is 24.1 Å². The fourth-order valence-electron chi connectivity index (χ4n) is 3.57. The van der Waals surface area contributed by atoms with Crippen LogP contribution in [-0.2, 0) is 9.59 Å². The molecule has 29 heavy (non-hydrogen) atoms. The van der Waals surface area contributed by atoms with Gasteiger partial charge in [0.05, 0.1) is 12.5 Å². The SMILES string of the molecule is Cc1ccc(C(=O)N2CCCC(C(=O)N(C)CC(=O)Nc3ccccc3)C2)cc1. The van der Waals surface area contributed by atoms with Crippen LogP contribution >= 0.6 is 0 Å². The monoisotopic (exact) mass is 393 g/mol. The van der Waals surface area contributed by atoms with Crippen LogP contribution in [0, 0.1) is 12.8 Å². The molecule has 0 radical (unpaired) electrons. The molecule has 6 nitrogen and oxygen atoms in total. The van der Waals surface area contributed by atoms with Gasteiger partial charge in [-0.1, -0.05) is 35.9 Å². The largest absolute Gasteiger partial charge is 0.338 e. The van der Waals surface area contributed by atoms with Gasteiger partial charge in [0, 0.05) is 31.4 Å². The number of piperidine rings is 1. The second-order valence-corrected chi connectivity index (χ2v) is 7.56. The van der Waals surface area contributed by atoms with Crippen LogP contribution < -0.4 is 5.32 Å². The third-order valence-corrected chi connectivity index (χ3v) is 5.17. The second kappa shape index (κ2) is 9.37. The Bertz CT molecular complexity index is 865. The van der Waals surface area contributed by atoms with E-state index in [0.29, 0.717) is 24.3 Å². The number of rotatable bonds is 5. The standard InChI is InChI=1S/C23H27N3O3/c1-17-10-12-18(13-11-17)23(29)26-14-6-7-19(15-26)22(28)25(2)16-21(27)24-20-8-4-3-5-9-20/h3-5,8-13,19H,6-7,14-16H2,1-2H3,(H,24,27). The molecular formula is C23H27N3O3. The molecule has 1 aliphatic heterocycles. The molecular weight excluding hydrogens is 366 g/mol. The lowest BCUT2D eigenvalue weighted by Crippen LogP contribution is -2.47. The van der Waals surface area contributed by atoms with Crippen LogP contribution in [-0.4, -0.2) is 54.2 Å². The van der Waals surface area contributed by atoms with Crippen molar-refractivity contribution in [1.29, 1.82) is 0 Å². The van der Waals surface area contributed by atoms with Gasteiger partial charge in [0.25, 0.3) is 5.91 Å². The molecule has 2 aromatic rings. The fourth-order valence-corrected chi connectivity index (χ4v) is 3.57. The van der Waals surface area contributed by atoms with Gasteiger partial charge in [0.15, 0.2) is 0 Å². The minimum absolute atomic E-state index is 0.0177. The molecule has 1 unspecified atom stereocenters. The summed E-state index contributed by atoms with van der Waals surface area (Å²) in [5.41, 5.74) is 2.44. The Morgan fingerprint density at radius 2 is 1.76 bits per heavy atom. The number of hydrogen-bond donors (Lipinski definition) is 1. The summed E-state index contributed by atoms with van der Waals surface area (Å²) in [7, 11) is 1.63. The predicted molar refractivity (Wildman–Crippen MR) is 113 cm³/mol. The average Bonchev–Trinajstić information content (AvgIpc) is 2.74. The van der Waals surface area contributed by atoms with E-state index in [-0.39, 0.29) is 30.2 Å². The number of likely N-dealkylation sites (N-methyl/N-ethyl adjacent to an activating group) is 1. The quantitative estimate of drug-likeness (QED) is 0.849. The second-order valence-electron chi connectivity index (χ2n) is 7.56. The summed E-state index contributed by atoms with van der Waals surface area (Å²) >= 11 is 0. The molecule has 0 aliphatic carbocycles. The van der Waals surface area contributed by atoms with Gasteiger partial charge in [-0.2, -0.15) is 0 Å². The summed E-state index contributed by atoms with van der Waals surface area (Å²) in [4.78, 5) is 41.0. The lowest BCUT2D eigenvalue weighted by molar-refractivity contribution is -0.138. The molecule has 1 atom stereocenters. The van der Waals surface area contributed by atoms with E-state index in [0.717, 1.165) is 18.4 Å². The van der Waals surface area contributed by atoms with Crippen LogP contribution in [0.1, 0.15) is 28.8 Å². The van der Waals surface area contributed by atoms with E-state index in [4.69, 9.17) is 0 Å². The summed E-state index contributed by atoms with van der Waals surface area (Å²) in [5.74, 6) is -0.676. The number of nitrogens with one attached hydrogen (secondary N) is 1. The first kappa shape index (κ1) is 20.6. The van der Waals surface area contributed by atoms with E-state index in [1.165, 1.54) is 4.90 Å². The maximum absolute atomic E-state index is 12.8. The molecule has 1 heterocycles. The molecule has 0 aromatic heterocycles. The summed E-state index contributed by atoms with van der Waals surface area (Å²) in [6, 6.07) is 16.6. The molecule has 0 saturated carbocycles. The molecule has 1 saturated heterocycles. The van der Waals surface area contributed by atoms with E-state index < -0.39 is 0 Å². The number of aryl methyl sites for hydroxylation is 1. The van der Waals surface area contributed by atoms with Crippen LogP contribution in [0.2, 0.25) is 0 Å². The van der Waals surface area contributed by atoms with Gasteiger partial charge in [0.1, 0.15) is 0 Å². The number of para-hydroxylation sites is 1. The van der Waals surface area contributed by atoms with Crippen molar-refractivity contribution in [2.24, 2.45) is 5.92 Å². The van der Waals surface area contributed by atoms with Crippen molar-refractivity contribution in [2.75, 3.05) is 32.0 Å². The van der Waals surface area contributed by atoms with Gasteiger partial charge in [-0.3, -0.25) is 14.4 Å². The van der Waals surface area contributed by atoms with Crippen molar-refractivity contribution in [1.82, 2.24) is 9.80 Å². The predicted octanol–water partition coefficient (Wildman–Crippen LogP) is 2.94. The minimum Gasteiger partial charge on any atom is -0.338 e. The zero-order valence-electron chi connectivity index (χ0n) is 16.9. The first-order valence-electron chi connectivity index (χ1n) is 9.90. The summed E-state index contributed by atoms with van der Waals surface area (Å²) < 4.78 is 0. The highest BCUT2D eigenvalue weighted by molar-refractivity contribution is 5.96. The van der Waals surface area contributed by atoms with Gasteiger partial charge in [0.2, 0.25) is 11.8 Å². The minimum atomic E-state index is -0.285. The molecule has 1 N–H and O–H groups in total. The summed E-state index contributed by atoms with van der Waals surface area (Å²) in [6.45, 7) is 2.99. The number of amides is 3. The first-order chi connectivity index (χ1) is 13.9. The third-order valence-electron chi connectivity index (χ3n) is 5.17. The molecule has 1 fully saturated rings. The smallest absolute Gasteiger partial charge is 0.253 e. The molecule has 0 bridgehead atoms. The van der Waals surface area contributed by atoms with Crippen molar-refractivity contribution in [3.05, 3.63) is 65.7 Å². The Kier molecular flexibility index (Phi) is 6.65. The number of carbonyl (C=O) groups excluding carboxylic acids is 3. The van der Waals surface area contributed by atoms with Crippen molar-refractivity contribution in [2.45, 2.75) is 19.8 Å². The fraction of sp³-hybridized carbons (Fsp3) is 0.348. The molecule has 0 spiro atoms. The van der Waals surface area contributed by atoms with Crippen LogP contribution in [0.15, 0.2) is 54.6 Å². The van der Waals surface area contributed by atoms with E-state index in [1.807, 2.05) is 49.4 Å². The lowest BCUT2D eigenvalue weighted by atomic mass is 9.96. The summed E-state index contributed by atoms with van der Waals surface area (Å²) in [6.07, 6.45) is 1.50. The summed E-state index contributed by atoms with van der Waals surface area (Å²) in [5, 5.41) is 2.79. The number of carbonyl (C=O) groups is 3. The van der Waals surface area contributed by atoms with Crippen LogP contribution in [0.25, 0.3) is 0 Å². The van der Waals surface area contributed by atoms with E-state index >= 15 is 0 Å². The Labute approximate surface area is 171 Å². The van der Waals surface area contributed by atoms with Gasteiger partial charge in [-0.25, -0.2) is 0 Å². The lowest BCUT2D eigenvalue weighted by Gasteiger charge is -2.34. The topological polar surface area (TPSA) is 69.7 Å².